The van der Waals surface area contributed by atoms with Gasteiger partial charge in [0.15, 0.2) is 0 Å². The number of nitrogens with two attached hydrogens (primary N) is 1. The molecule has 1 atom stereocenters. The molecule has 0 aliphatic heterocycles. The van der Waals surface area contributed by atoms with Crippen LogP contribution in [0.2, 0.25) is 0 Å². The van der Waals surface area contributed by atoms with E-state index in [4.69, 9.17) is 10.8 Å². The smallest absolute Gasteiger partial charge is 0.310 e. The first-order valence-corrected chi connectivity index (χ1v) is 6.56. The zero-order chi connectivity index (χ0) is 13.4. The third-order valence-electron chi connectivity index (χ3n) is 3.50. The van der Waals surface area contributed by atoms with Crippen LogP contribution in [-0.4, -0.2) is 17.6 Å². The number of carboxylic acids is 1. The number of unbranched alkanes of at least 4 members (excludes halogenated alkanes) is 2. The highest BCUT2D eigenvalue weighted by atomic mass is 16.4. The predicted molar refractivity (Wildman–Crippen MR) is 73.4 cm³/mol. The van der Waals surface area contributed by atoms with Crippen LogP contribution in [0.5, 0.6) is 0 Å². The van der Waals surface area contributed by atoms with E-state index in [0.29, 0.717) is 6.42 Å². The normalized spacial score (nSPS) is 14.1. The maximum atomic E-state index is 11.1. The molecule has 1 unspecified atom stereocenters. The molecule has 0 bridgehead atoms. The number of rotatable bonds is 8. The summed E-state index contributed by atoms with van der Waals surface area (Å²) in [4.78, 5) is 11.1. The van der Waals surface area contributed by atoms with Crippen LogP contribution >= 0.6 is 0 Å². The third-order valence-corrected chi connectivity index (χ3v) is 3.50. The Kier molecular flexibility index (Phi) is 5.86. The van der Waals surface area contributed by atoms with Crippen molar-refractivity contribution in [1.29, 1.82) is 0 Å². The van der Waals surface area contributed by atoms with Gasteiger partial charge in [-0.3, -0.25) is 4.79 Å². The number of hydrogen-bond donors (Lipinski definition) is 2. The first kappa shape index (κ1) is 14.7. The van der Waals surface area contributed by atoms with Gasteiger partial charge in [-0.1, -0.05) is 43.2 Å². The summed E-state index contributed by atoms with van der Waals surface area (Å²) in [7, 11) is 0. The van der Waals surface area contributed by atoms with E-state index in [-0.39, 0.29) is 6.54 Å². The van der Waals surface area contributed by atoms with Crippen molar-refractivity contribution in [3.63, 3.8) is 0 Å². The van der Waals surface area contributed by atoms with Gasteiger partial charge in [0.1, 0.15) is 0 Å². The first-order valence-electron chi connectivity index (χ1n) is 6.56. The first-order chi connectivity index (χ1) is 8.58. The van der Waals surface area contributed by atoms with Crippen molar-refractivity contribution >= 4 is 5.97 Å². The Labute approximate surface area is 109 Å². The van der Waals surface area contributed by atoms with Crippen LogP contribution in [-0.2, 0) is 11.2 Å². The van der Waals surface area contributed by atoms with Gasteiger partial charge in [-0.05, 0) is 31.7 Å². The Morgan fingerprint density at radius 3 is 2.44 bits per heavy atom. The molecule has 1 aromatic rings. The van der Waals surface area contributed by atoms with E-state index in [1.165, 1.54) is 5.56 Å². The number of benzene rings is 1. The molecule has 0 aliphatic rings. The molecular weight excluding hydrogens is 226 g/mol. The summed E-state index contributed by atoms with van der Waals surface area (Å²) in [6, 6.07) is 10.4. The highest BCUT2D eigenvalue weighted by molar-refractivity contribution is 5.74. The predicted octanol–water partition coefficient (Wildman–Crippen LogP) is 2.84. The molecule has 3 heteroatoms. The summed E-state index contributed by atoms with van der Waals surface area (Å²) in [5.74, 6) is -0.784. The molecule has 3 N–H and O–H groups in total. The molecular formula is C15H23NO2. The second-order valence-electron chi connectivity index (χ2n) is 5.12. The van der Waals surface area contributed by atoms with Gasteiger partial charge in [0.25, 0.3) is 0 Å². The fraction of sp³-hybridized carbons (Fsp3) is 0.533. The summed E-state index contributed by atoms with van der Waals surface area (Å²) < 4.78 is 0. The van der Waals surface area contributed by atoms with Gasteiger partial charge < -0.3 is 10.8 Å². The van der Waals surface area contributed by atoms with Crippen LogP contribution in [0.3, 0.4) is 0 Å². The summed E-state index contributed by atoms with van der Waals surface area (Å²) in [6.45, 7) is 1.94. The lowest BCUT2D eigenvalue weighted by atomic mass is 9.85. The van der Waals surface area contributed by atoms with Crippen LogP contribution in [0.4, 0.5) is 0 Å². The van der Waals surface area contributed by atoms with E-state index < -0.39 is 11.4 Å². The van der Waals surface area contributed by atoms with Crippen molar-refractivity contribution in [3.8, 4) is 0 Å². The molecule has 0 saturated carbocycles. The molecule has 0 amide bonds. The van der Waals surface area contributed by atoms with E-state index in [2.05, 4.69) is 12.1 Å². The lowest BCUT2D eigenvalue weighted by Crippen LogP contribution is -2.35. The average Bonchev–Trinajstić information content (AvgIpc) is 2.39. The topological polar surface area (TPSA) is 63.3 Å². The lowest BCUT2D eigenvalue weighted by Gasteiger charge is -2.22. The van der Waals surface area contributed by atoms with Crippen molar-refractivity contribution in [1.82, 2.24) is 0 Å². The van der Waals surface area contributed by atoms with E-state index in [1.54, 1.807) is 6.92 Å². The summed E-state index contributed by atoms with van der Waals surface area (Å²) in [5, 5.41) is 9.09. The van der Waals surface area contributed by atoms with Gasteiger partial charge in [-0.2, -0.15) is 0 Å². The quantitative estimate of drug-likeness (QED) is 0.696. The fourth-order valence-corrected chi connectivity index (χ4v) is 1.96. The van der Waals surface area contributed by atoms with Gasteiger partial charge in [-0.15, -0.1) is 0 Å². The summed E-state index contributed by atoms with van der Waals surface area (Å²) in [6.07, 6.45) is 4.80. The molecule has 100 valence electrons. The highest BCUT2D eigenvalue weighted by Crippen LogP contribution is 2.23. The molecule has 3 nitrogen and oxygen atoms in total. The van der Waals surface area contributed by atoms with Gasteiger partial charge in [-0.25, -0.2) is 0 Å². The Hall–Kier alpha value is -1.35. The molecule has 0 radical (unpaired) electrons. The number of carbonyl (C=O) groups is 1. The Morgan fingerprint density at radius 2 is 1.89 bits per heavy atom. The highest BCUT2D eigenvalue weighted by Gasteiger charge is 2.30. The molecule has 1 rings (SSSR count). The standard InChI is InChI=1S/C15H23NO2/c1-15(12-16,14(17)18)11-7-3-6-10-13-8-4-2-5-9-13/h2,4-5,8-9H,3,6-7,10-12,16H2,1H3,(H,17,18). The second-order valence-corrected chi connectivity index (χ2v) is 5.12. The van der Waals surface area contributed by atoms with Crippen LogP contribution in [0, 0.1) is 5.41 Å². The third kappa shape index (κ3) is 4.49. The molecule has 18 heavy (non-hydrogen) atoms. The molecule has 0 fully saturated rings. The number of carboxylic acid groups (broad SMARTS) is 1. The minimum Gasteiger partial charge on any atom is -0.481 e. The fourth-order valence-electron chi connectivity index (χ4n) is 1.96. The maximum Gasteiger partial charge on any atom is 0.310 e. The van der Waals surface area contributed by atoms with E-state index in [1.807, 2.05) is 18.2 Å². The monoisotopic (exact) mass is 249 g/mol. The lowest BCUT2D eigenvalue weighted by molar-refractivity contribution is -0.147. The van der Waals surface area contributed by atoms with Crippen LogP contribution in [0.15, 0.2) is 30.3 Å². The van der Waals surface area contributed by atoms with Gasteiger partial charge in [0.05, 0.1) is 5.41 Å². The zero-order valence-electron chi connectivity index (χ0n) is 11.1. The molecule has 0 spiro atoms. The Bertz CT molecular complexity index is 364. The summed E-state index contributed by atoms with van der Waals surface area (Å²) >= 11 is 0. The van der Waals surface area contributed by atoms with Crippen molar-refractivity contribution in [3.05, 3.63) is 35.9 Å². The number of aliphatic carboxylic acids is 1. The summed E-state index contributed by atoms with van der Waals surface area (Å²) in [5.41, 5.74) is 6.12. The Morgan fingerprint density at radius 1 is 1.22 bits per heavy atom. The SMILES string of the molecule is CC(CN)(CCCCCc1ccccc1)C(=O)O. The number of hydrogen-bond acceptors (Lipinski definition) is 2. The van der Waals surface area contributed by atoms with Gasteiger partial charge >= 0.3 is 5.97 Å². The van der Waals surface area contributed by atoms with Crippen molar-refractivity contribution < 1.29 is 9.90 Å². The molecule has 0 saturated heterocycles. The molecule has 1 aromatic carbocycles. The Balaban J connectivity index is 2.21. The average molecular weight is 249 g/mol. The van der Waals surface area contributed by atoms with E-state index in [9.17, 15) is 4.79 Å². The minimum atomic E-state index is -0.784. The zero-order valence-corrected chi connectivity index (χ0v) is 11.1. The van der Waals surface area contributed by atoms with Crippen LogP contribution in [0.25, 0.3) is 0 Å². The van der Waals surface area contributed by atoms with Crippen LogP contribution in [0.1, 0.15) is 38.2 Å². The largest absolute Gasteiger partial charge is 0.481 e. The molecule has 0 heterocycles. The van der Waals surface area contributed by atoms with Crippen molar-refractivity contribution in [2.45, 2.75) is 39.0 Å². The van der Waals surface area contributed by atoms with Gasteiger partial charge in [0.2, 0.25) is 0 Å². The van der Waals surface area contributed by atoms with Crippen molar-refractivity contribution in [2.75, 3.05) is 6.54 Å². The van der Waals surface area contributed by atoms with E-state index in [0.717, 1.165) is 25.7 Å². The van der Waals surface area contributed by atoms with Crippen LogP contribution < -0.4 is 5.73 Å². The molecule has 0 aromatic heterocycles. The number of aryl methyl sites for hydroxylation is 1. The molecule has 0 aliphatic carbocycles. The van der Waals surface area contributed by atoms with Crippen molar-refractivity contribution in [2.24, 2.45) is 11.1 Å². The minimum absolute atomic E-state index is 0.209. The maximum absolute atomic E-state index is 11.1. The van der Waals surface area contributed by atoms with Gasteiger partial charge in [0, 0.05) is 6.54 Å². The van der Waals surface area contributed by atoms with E-state index >= 15 is 0 Å². The second kappa shape index (κ2) is 7.17.